The number of nitrogens with one attached hydrogen (secondary N) is 1. The highest BCUT2D eigenvalue weighted by Gasteiger charge is 2.36. The van der Waals surface area contributed by atoms with Gasteiger partial charge in [0, 0.05) is 19.0 Å². The van der Waals surface area contributed by atoms with E-state index in [4.69, 9.17) is 5.11 Å². The molecule has 1 aliphatic rings. The van der Waals surface area contributed by atoms with Gasteiger partial charge in [-0.3, -0.25) is 14.4 Å². The van der Waals surface area contributed by atoms with Crippen LogP contribution in [0.1, 0.15) is 43.9 Å². The predicted octanol–water partition coefficient (Wildman–Crippen LogP) is 1.88. The lowest BCUT2D eigenvalue weighted by molar-refractivity contribution is -0.138. The van der Waals surface area contributed by atoms with E-state index in [-0.39, 0.29) is 30.7 Å². The second-order valence-corrected chi connectivity index (χ2v) is 6.56. The third-order valence-electron chi connectivity index (χ3n) is 4.41. The van der Waals surface area contributed by atoms with Crippen molar-refractivity contribution in [2.45, 2.75) is 45.7 Å². The monoisotopic (exact) mass is 332 g/mol. The first-order valence-electron chi connectivity index (χ1n) is 8.16. The number of likely N-dealkylation sites (tertiary alicyclic amines) is 1. The molecule has 1 aromatic rings. The lowest BCUT2D eigenvalue weighted by Crippen LogP contribution is -2.37. The molecule has 0 aliphatic carbocycles. The van der Waals surface area contributed by atoms with Crippen LogP contribution in [0.5, 0.6) is 0 Å². The molecule has 6 heteroatoms. The molecule has 6 nitrogen and oxygen atoms in total. The van der Waals surface area contributed by atoms with Gasteiger partial charge in [0.05, 0.1) is 18.4 Å². The molecule has 2 atom stereocenters. The highest BCUT2D eigenvalue weighted by molar-refractivity contribution is 5.89. The van der Waals surface area contributed by atoms with Crippen molar-refractivity contribution in [2.24, 2.45) is 5.92 Å². The largest absolute Gasteiger partial charge is 0.481 e. The number of nitrogens with zero attached hydrogens (tertiary/aromatic N) is 1. The van der Waals surface area contributed by atoms with E-state index in [9.17, 15) is 14.4 Å². The molecule has 0 bridgehead atoms. The van der Waals surface area contributed by atoms with Gasteiger partial charge in [0.2, 0.25) is 11.8 Å². The van der Waals surface area contributed by atoms with Gasteiger partial charge in [-0.05, 0) is 31.9 Å². The number of rotatable bonds is 6. The maximum Gasteiger partial charge on any atom is 0.305 e. The molecule has 1 saturated heterocycles. The topological polar surface area (TPSA) is 86.7 Å². The first-order valence-corrected chi connectivity index (χ1v) is 8.16. The molecular weight excluding hydrogens is 308 g/mol. The molecule has 2 rings (SSSR count). The molecule has 0 aromatic heterocycles. The van der Waals surface area contributed by atoms with E-state index in [1.165, 1.54) is 0 Å². The van der Waals surface area contributed by atoms with Gasteiger partial charge in [0.15, 0.2) is 0 Å². The van der Waals surface area contributed by atoms with E-state index in [1.807, 2.05) is 45.0 Å². The van der Waals surface area contributed by atoms with Crippen LogP contribution in [0.15, 0.2) is 24.3 Å². The Labute approximate surface area is 141 Å². The third kappa shape index (κ3) is 4.13. The van der Waals surface area contributed by atoms with Gasteiger partial charge in [-0.1, -0.05) is 24.3 Å². The van der Waals surface area contributed by atoms with Crippen LogP contribution in [0.25, 0.3) is 0 Å². The number of amides is 2. The van der Waals surface area contributed by atoms with Crippen LogP contribution in [-0.4, -0.2) is 40.4 Å². The van der Waals surface area contributed by atoms with E-state index >= 15 is 0 Å². The zero-order valence-corrected chi connectivity index (χ0v) is 14.3. The summed E-state index contributed by atoms with van der Waals surface area (Å²) in [5.41, 5.74) is 1.72. The Morgan fingerprint density at radius 1 is 1.33 bits per heavy atom. The Kier molecular flexibility index (Phi) is 5.59. The lowest BCUT2D eigenvalue weighted by atomic mass is 9.97. The predicted molar refractivity (Wildman–Crippen MR) is 89.3 cm³/mol. The number of benzene rings is 1. The molecule has 130 valence electrons. The number of hydrogen-bond acceptors (Lipinski definition) is 3. The maximum atomic E-state index is 12.6. The summed E-state index contributed by atoms with van der Waals surface area (Å²) in [6, 6.07) is 6.86. The number of carboxylic acids is 1. The van der Waals surface area contributed by atoms with E-state index in [2.05, 4.69) is 5.32 Å². The van der Waals surface area contributed by atoms with Crippen LogP contribution in [0.2, 0.25) is 0 Å². The van der Waals surface area contributed by atoms with Crippen molar-refractivity contribution >= 4 is 17.8 Å². The number of carboxylic acid groups (broad SMARTS) is 1. The fourth-order valence-corrected chi connectivity index (χ4v) is 3.09. The Hall–Kier alpha value is -2.37. The molecule has 0 radical (unpaired) electrons. The van der Waals surface area contributed by atoms with Gasteiger partial charge < -0.3 is 15.3 Å². The summed E-state index contributed by atoms with van der Waals surface area (Å²) in [6.45, 7) is 6.10. The van der Waals surface area contributed by atoms with Gasteiger partial charge in [-0.2, -0.15) is 0 Å². The third-order valence-corrected chi connectivity index (χ3v) is 4.41. The summed E-state index contributed by atoms with van der Waals surface area (Å²) in [7, 11) is 0. The number of hydrogen-bond donors (Lipinski definition) is 2. The quantitative estimate of drug-likeness (QED) is 0.833. The lowest BCUT2D eigenvalue weighted by Gasteiger charge is -2.23. The second-order valence-electron chi connectivity index (χ2n) is 6.56. The highest BCUT2D eigenvalue weighted by atomic mass is 16.4. The van der Waals surface area contributed by atoms with Gasteiger partial charge >= 0.3 is 5.97 Å². The summed E-state index contributed by atoms with van der Waals surface area (Å²) >= 11 is 0. The van der Waals surface area contributed by atoms with Crippen LogP contribution >= 0.6 is 0 Å². The van der Waals surface area contributed by atoms with E-state index < -0.39 is 17.9 Å². The van der Waals surface area contributed by atoms with Gasteiger partial charge in [0.25, 0.3) is 0 Å². The highest BCUT2D eigenvalue weighted by Crippen LogP contribution is 2.24. The normalized spacial score (nSPS) is 18.8. The molecule has 1 heterocycles. The zero-order valence-electron chi connectivity index (χ0n) is 14.3. The first kappa shape index (κ1) is 18.0. The first-order chi connectivity index (χ1) is 11.3. The van der Waals surface area contributed by atoms with Crippen molar-refractivity contribution in [1.29, 1.82) is 0 Å². The van der Waals surface area contributed by atoms with Crippen LogP contribution < -0.4 is 5.32 Å². The van der Waals surface area contributed by atoms with Crippen LogP contribution in [-0.2, 0) is 14.4 Å². The summed E-state index contributed by atoms with van der Waals surface area (Å²) in [5.74, 6) is -1.70. The molecule has 1 aromatic carbocycles. The average molecular weight is 332 g/mol. The Bertz CT molecular complexity index is 642. The standard InChI is InChI=1S/C18H24N2O4/c1-11(2)20-10-13(8-16(20)21)18(24)19-15(9-17(22)23)14-7-5-4-6-12(14)3/h4-7,11,13,15H,8-10H2,1-3H3,(H,19,24)(H,22,23)/t13-,15-/m1/s1. The van der Waals surface area contributed by atoms with Crippen molar-refractivity contribution in [3.63, 3.8) is 0 Å². The molecule has 2 N–H and O–H groups in total. The van der Waals surface area contributed by atoms with Gasteiger partial charge in [-0.25, -0.2) is 0 Å². The van der Waals surface area contributed by atoms with Crippen molar-refractivity contribution < 1.29 is 19.5 Å². The minimum Gasteiger partial charge on any atom is -0.481 e. The van der Waals surface area contributed by atoms with Gasteiger partial charge in [0.1, 0.15) is 0 Å². The van der Waals surface area contributed by atoms with Crippen LogP contribution in [0, 0.1) is 12.8 Å². The Morgan fingerprint density at radius 3 is 2.54 bits per heavy atom. The fourth-order valence-electron chi connectivity index (χ4n) is 3.09. The van der Waals surface area contributed by atoms with E-state index in [1.54, 1.807) is 4.90 Å². The summed E-state index contributed by atoms with van der Waals surface area (Å²) in [4.78, 5) is 37.4. The fraction of sp³-hybridized carbons (Fsp3) is 0.500. The number of aryl methyl sites for hydroxylation is 1. The zero-order chi connectivity index (χ0) is 17.9. The number of carbonyl (C=O) groups excluding carboxylic acids is 2. The Balaban J connectivity index is 2.13. The molecule has 0 unspecified atom stereocenters. The summed E-state index contributed by atoms with van der Waals surface area (Å²) < 4.78 is 0. The van der Waals surface area contributed by atoms with Crippen molar-refractivity contribution in [2.75, 3.05) is 6.54 Å². The van der Waals surface area contributed by atoms with Crippen LogP contribution in [0.4, 0.5) is 0 Å². The van der Waals surface area contributed by atoms with Crippen molar-refractivity contribution in [3.05, 3.63) is 35.4 Å². The molecular formula is C18H24N2O4. The molecule has 0 spiro atoms. The maximum absolute atomic E-state index is 12.6. The molecule has 1 aliphatic heterocycles. The Morgan fingerprint density at radius 2 is 2.00 bits per heavy atom. The van der Waals surface area contributed by atoms with E-state index in [0.29, 0.717) is 6.54 Å². The molecule has 0 saturated carbocycles. The number of aliphatic carboxylic acids is 1. The number of carbonyl (C=O) groups is 3. The van der Waals surface area contributed by atoms with Crippen molar-refractivity contribution in [3.8, 4) is 0 Å². The SMILES string of the molecule is Cc1ccccc1[C@@H](CC(=O)O)NC(=O)[C@@H]1CC(=O)N(C(C)C)C1. The van der Waals surface area contributed by atoms with Crippen LogP contribution in [0.3, 0.4) is 0 Å². The van der Waals surface area contributed by atoms with Gasteiger partial charge in [-0.15, -0.1) is 0 Å². The second kappa shape index (κ2) is 7.47. The van der Waals surface area contributed by atoms with E-state index in [0.717, 1.165) is 11.1 Å². The van der Waals surface area contributed by atoms with Crippen molar-refractivity contribution in [1.82, 2.24) is 10.2 Å². The summed E-state index contributed by atoms with van der Waals surface area (Å²) in [6.07, 6.45) is -0.0112. The average Bonchev–Trinajstić information content (AvgIpc) is 2.89. The molecule has 24 heavy (non-hydrogen) atoms. The smallest absolute Gasteiger partial charge is 0.305 e. The summed E-state index contributed by atoms with van der Waals surface area (Å²) in [5, 5.41) is 12.0. The molecule has 2 amide bonds. The minimum atomic E-state index is -0.977. The molecule has 1 fully saturated rings. The minimum absolute atomic E-state index is 0.0316.